The zero-order chi connectivity index (χ0) is 23.2. The number of carbonyl (C=O) groups excluding carboxylic acids is 1. The van der Waals surface area contributed by atoms with Crippen molar-refractivity contribution >= 4 is 16.7 Å². The van der Waals surface area contributed by atoms with Crippen LogP contribution in [0.15, 0.2) is 73.2 Å². The van der Waals surface area contributed by atoms with Crippen molar-refractivity contribution in [1.29, 1.82) is 0 Å². The largest absolute Gasteiger partial charge is 0.573 e. The minimum Gasteiger partial charge on any atom is -0.406 e. The molecule has 1 atom stereocenters. The molecule has 1 unspecified atom stereocenters. The Hall–Kier alpha value is -3.61. The maximum absolute atomic E-state index is 13.3. The molecule has 0 spiro atoms. The number of ether oxygens (including phenoxy) is 1. The summed E-state index contributed by atoms with van der Waals surface area (Å²) < 4.78 is 46.0. The minimum atomic E-state index is -4.80. The van der Waals surface area contributed by atoms with Gasteiger partial charge in [-0.05, 0) is 43.0 Å². The molecule has 0 aliphatic heterocycles. The molecule has 5 rings (SSSR count). The number of carbonyl (C=O) groups is 1. The lowest BCUT2D eigenvalue weighted by Crippen LogP contribution is -2.33. The minimum absolute atomic E-state index is 0.193. The molecule has 2 aromatic carbocycles. The van der Waals surface area contributed by atoms with Crippen molar-refractivity contribution in [3.05, 3.63) is 95.4 Å². The third-order valence-electron chi connectivity index (χ3n) is 6.14. The van der Waals surface area contributed by atoms with Gasteiger partial charge >= 0.3 is 6.36 Å². The maximum atomic E-state index is 13.3. The second-order valence-electron chi connectivity index (χ2n) is 8.41. The number of hydrogen-bond donors (Lipinski definition) is 0. The molecule has 0 fully saturated rings. The number of hydrogen-bond acceptors (Lipinski definition) is 2. The molecule has 1 aliphatic carbocycles. The van der Waals surface area contributed by atoms with E-state index in [0.29, 0.717) is 18.4 Å². The molecule has 168 valence electrons. The molecule has 4 nitrogen and oxygen atoms in total. The molecule has 2 aromatic heterocycles. The Morgan fingerprint density at radius 2 is 1.91 bits per heavy atom. The standard InChI is InChI=1S/C26H22F3N2O2/c1-17-14-31(23-11-12-30(16-22(17)23)15-18-5-3-2-4-6-18)24-10-8-19-7-9-20(33-26(27,28)29)13-21(19)25(24)32/h2-7,9,11-14,16,24H,8,10,15H2,1H3/q+1. The van der Waals surface area contributed by atoms with Crippen molar-refractivity contribution in [2.75, 3.05) is 0 Å². The Morgan fingerprint density at radius 1 is 1.12 bits per heavy atom. The first-order valence-corrected chi connectivity index (χ1v) is 10.8. The van der Waals surface area contributed by atoms with Gasteiger partial charge in [0, 0.05) is 23.4 Å². The predicted octanol–water partition coefficient (Wildman–Crippen LogP) is 5.55. The fourth-order valence-electron chi connectivity index (χ4n) is 4.63. The zero-order valence-electron chi connectivity index (χ0n) is 18.0. The van der Waals surface area contributed by atoms with Crippen LogP contribution in [0.4, 0.5) is 13.2 Å². The van der Waals surface area contributed by atoms with E-state index in [-0.39, 0.29) is 11.5 Å². The van der Waals surface area contributed by atoms with E-state index in [1.165, 1.54) is 17.7 Å². The zero-order valence-corrected chi connectivity index (χ0v) is 18.0. The number of ketones is 1. The first-order valence-electron chi connectivity index (χ1n) is 10.8. The number of fused-ring (bicyclic) bond motifs is 2. The van der Waals surface area contributed by atoms with Gasteiger partial charge in [-0.1, -0.05) is 36.4 Å². The molecular weight excluding hydrogens is 429 g/mol. The monoisotopic (exact) mass is 451 g/mol. The Bertz CT molecular complexity index is 1340. The van der Waals surface area contributed by atoms with Crippen LogP contribution in [0.25, 0.3) is 10.9 Å². The first kappa shape index (κ1) is 21.2. The van der Waals surface area contributed by atoms with E-state index in [2.05, 4.69) is 27.6 Å². The predicted molar refractivity (Wildman–Crippen MR) is 117 cm³/mol. The quantitative estimate of drug-likeness (QED) is 0.381. The van der Waals surface area contributed by atoms with Crippen molar-refractivity contribution in [1.82, 2.24) is 4.57 Å². The molecule has 1 aliphatic rings. The molecule has 0 bridgehead atoms. The van der Waals surface area contributed by atoms with Gasteiger partial charge in [0.25, 0.3) is 0 Å². The first-order chi connectivity index (χ1) is 15.8. The second-order valence-corrected chi connectivity index (χ2v) is 8.41. The number of Topliss-reactive ketones (excluding diaryl/α,β-unsaturated/α-hetero) is 1. The number of halogens is 3. The van der Waals surface area contributed by atoms with Gasteiger partial charge in [0.2, 0.25) is 0 Å². The fraction of sp³-hybridized carbons (Fsp3) is 0.231. The molecule has 2 heterocycles. The summed E-state index contributed by atoms with van der Waals surface area (Å²) in [6, 6.07) is 15.7. The normalized spacial score (nSPS) is 16.1. The summed E-state index contributed by atoms with van der Waals surface area (Å²) in [5.41, 5.74) is 4.21. The van der Waals surface area contributed by atoms with Crippen LogP contribution in [0.2, 0.25) is 0 Å². The summed E-state index contributed by atoms with van der Waals surface area (Å²) >= 11 is 0. The molecule has 0 radical (unpaired) electrons. The van der Waals surface area contributed by atoms with E-state index in [0.717, 1.165) is 28.6 Å². The molecule has 7 heteroatoms. The molecule has 33 heavy (non-hydrogen) atoms. The SMILES string of the molecule is Cc1cn(C2CCc3ccc(OC(F)(F)F)cc3C2=O)c2cc[n+](Cc3ccccc3)cc12. The molecule has 0 N–H and O–H groups in total. The number of pyridine rings is 1. The Balaban J connectivity index is 1.47. The summed E-state index contributed by atoms with van der Waals surface area (Å²) in [6.45, 7) is 2.74. The van der Waals surface area contributed by atoms with E-state index in [1.807, 2.05) is 48.1 Å². The van der Waals surface area contributed by atoms with Gasteiger partial charge in [0.1, 0.15) is 5.75 Å². The van der Waals surface area contributed by atoms with Gasteiger partial charge in [0.15, 0.2) is 24.7 Å². The lowest BCUT2D eigenvalue weighted by Gasteiger charge is -2.26. The summed E-state index contributed by atoms with van der Waals surface area (Å²) in [5, 5.41) is 1.04. The van der Waals surface area contributed by atoms with Crippen molar-refractivity contribution in [2.45, 2.75) is 38.7 Å². The lowest BCUT2D eigenvalue weighted by atomic mass is 9.86. The van der Waals surface area contributed by atoms with Gasteiger partial charge in [-0.25, -0.2) is 4.57 Å². The molecule has 0 amide bonds. The second kappa shape index (κ2) is 8.06. The Kier molecular flexibility index (Phi) is 5.19. The number of aromatic nitrogens is 2. The number of alkyl halides is 3. The average Bonchev–Trinajstić information content (AvgIpc) is 3.10. The van der Waals surface area contributed by atoms with E-state index in [4.69, 9.17) is 0 Å². The topological polar surface area (TPSA) is 35.1 Å². The smallest absolute Gasteiger partial charge is 0.406 e. The summed E-state index contributed by atoms with van der Waals surface area (Å²) in [7, 11) is 0. The molecule has 0 saturated carbocycles. The van der Waals surface area contributed by atoms with Crippen molar-refractivity contribution in [3.63, 3.8) is 0 Å². The van der Waals surface area contributed by atoms with Crippen LogP contribution in [0, 0.1) is 6.92 Å². The van der Waals surface area contributed by atoms with Crippen LogP contribution in [0.1, 0.15) is 39.5 Å². The summed E-state index contributed by atoms with van der Waals surface area (Å²) in [6.07, 6.45) is 2.42. The number of aryl methyl sites for hydroxylation is 2. The van der Waals surface area contributed by atoms with Crippen molar-refractivity contribution < 1.29 is 27.3 Å². The average molecular weight is 451 g/mol. The molecule has 4 aromatic rings. The highest BCUT2D eigenvalue weighted by atomic mass is 19.4. The van der Waals surface area contributed by atoms with E-state index >= 15 is 0 Å². The molecular formula is C26H22F3N2O2+. The highest BCUT2D eigenvalue weighted by Gasteiger charge is 2.34. The van der Waals surface area contributed by atoms with Gasteiger partial charge in [-0.15, -0.1) is 13.2 Å². The van der Waals surface area contributed by atoms with Crippen LogP contribution >= 0.6 is 0 Å². The van der Waals surface area contributed by atoms with Crippen LogP contribution in [0.5, 0.6) is 5.75 Å². The van der Waals surface area contributed by atoms with E-state index < -0.39 is 12.4 Å². The van der Waals surface area contributed by atoms with Gasteiger partial charge in [-0.2, -0.15) is 0 Å². The number of benzene rings is 2. The van der Waals surface area contributed by atoms with Crippen LogP contribution < -0.4 is 9.30 Å². The highest BCUT2D eigenvalue weighted by Crippen LogP contribution is 2.35. The van der Waals surface area contributed by atoms with Crippen LogP contribution in [-0.2, 0) is 13.0 Å². The summed E-state index contributed by atoms with van der Waals surface area (Å²) in [5.74, 6) is -0.562. The molecule has 0 saturated heterocycles. The van der Waals surface area contributed by atoms with Gasteiger partial charge < -0.3 is 9.30 Å². The van der Waals surface area contributed by atoms with Crippen LogP contribution in [-0.4, -0.2) is 16.7 Å². The van der Waals surface area contributed by atoms with Gasteiger partial charge in [-0.3, -0.25) is 4.79 Å². The van der Waals surface area contributed by atoms with Gasteiger partial charge in [0.05, 0.1) is 16.9 Å². The van der Waals surface area contributed by atoms with Crippen molar-refractivity contribution in [2.24, 2.45) is 0 Å². The van der Waals surface area contributed by atoms with E-state index in [9.17, 15) is 18.0 Å². The number of nitrogens with zero attached hydrogens (tertiary/aromatic N) is 2. The third kappa shape index (κ3) is 4.23. The number of rotatable bonds is 4. The third-order valence-corrected chi connectivity index (χ3v) is 6.14. The van der Waals surface area contributed by atoms with Crippen LogP contribution in [0.3, 0.4) is 0 Å². The van der Waals surface area contributed by atoms with Crippen molar-refractivity contribution in [3.8, 4) is 5.75 Å². The Morgan fingerprint density at radius 3 is 2.67 bits per heavy atom. The highest BCUT2D eigenvalue weighted by molar-refractivity contribution is 6.02. The Labute approximate surface area is 188 Å². The maximum Gasteiger partial charge on any atom is 0.573 e. The van der Waals surface area contributed by atoms with E-state index in [1.54, 1.807) is 6.07 Å². The fourth-order valence-corrected chi connectivity index (χ4v) is 4.63. The summed E-state index contributed by atoms with van der Waals surface area (Å²) in [4.78, 5) is 13.3. The lowest BCUT2D eigenvalue weighted by molar-refractivity contribution is -0.687.